The van der Waals surface area contributed by atoms with E-state index in [-0.39, 0.29) is 0 Å². The van der Waals surface area contributed by atoms with Gasteiger partial charge in [-0.15, -0.1) is 0 Å². The predicted octanol–water partition coefficient (Wildman–Crippen LogP) is 0.766. The molecule has 0 aliphatic carbocycles. The molecular formula is C8H16N4. The van der Waals surface area contributed by atoms with Gasteiger partial charge in [-0.05, 0) is 20.9 Å². The summed E-state index contributed by atoms with van der Waals surface area (Å²) < 4.78 is 1.94. The molecule has 0 aliphatic heterocycles. The van der Waals surface area contributed by atoms with E-state index in [0.717, 1.165) is 12.2 Å². The highest BCUT2D eigenvalue weighted by Gasteiger charge is 2.06. The fourth-order valence-electron chi connectivity index (χ4n) is 1.21. The maximum Gasteiger partial charge on any atom is 0.145 e. The summed E-state index contributed by atoms with van der Waals surface area (Å²) in [5.41, 5.74) is 6.72. The average Bonchev–Trinajstić information content (AvgIpc) is 2.32. The molecule has 0 atom stereocenters. The minimum Gasteiger partial charge on any atom is -0.382 e. The van der Waals surface area contributed by atoms with E-state index in [1.165, 1.54) is 0 Å². The van der Waals surface area contributed by atoms with Gasteiger partial charge in [-0.1, -0.05) is 0 Å². The number of aromatic nitrogens is 2. The zero-order chi connectivity index (χ0) is 9.14. The molecule has 4 nitrogen and oxygen atoms in total. The second-order valence-electron chi connectivity index (χ2n) is 3.13. The Labute approximate surface area is 72.8 Å². The first-order valence-corrected chi connectivity index (χ1v) is 4.13. The molecule has 68 valence electrons. The number of hydrogen-bond donors (Lipinski definition) is 2. The Morgan fingerprint density at radius 1 is 1.67 bits per heavy atom. The van der Waals surface area contributed by atoms with Crippen LogP contribution in [0.25, 0.3) is 0 Å². The molecule has 0 aromatic carbocycles. The molecule has 12 heavy (non-hydrogen) atoms. The van der Waals surface area contributed by atoms with Crippen LogP contribution in [-0.2, 0) is 6.54 Å². The number of nitrogens with one attached hydrogen (secondary N) is 1. The van der Waals surface area contributed by atoms with Crippen LogP contribution in [0.1, 0.15) is 25.6 Å². The molecule has 3 N–H and O–H groups in total. The van der Waals surface area contributed by atoms with Crippen molar-refractivity contribution in [1.82, 2.24) is 15.1 Å². The summed E-state index contributed by atoms with van der Waals surface area (Å²) in [7, 11) is 1.91. The van der Waals surface area contributed by atoms with Gasteiger partial charge in [0.2, 0.25) is 0 Å². The van der Waals surface area contributed by atoms with E-state index in [2.05, 4.69) is 24.3 Å². The zero-order valence-corrected chi connectivity index (χ0v) is 7.83. The molecule has 0 fully saturated rings. The normalized spacial score (nSPS) is 11.0. The van der Waals surface area contributed by atoms with Crippen LogP contribution in [-0.4, -0.2) is 16.8 Å². The van der Waals surface area contributed by atoms with E-state index in [4.69, 9.17) is 5.73 Å². The third kappa shape index (κ3) is 1.76. The molecule has 0 radical (unpaired) electrons. The van der Waals surface area contributed by atoms with Crippen molar-refractivity contribution < 1.29 is 0 Å². The molecule has 1 aromatic rings. The van der Waals surface area contributed by atoms with Gasteiger partial charge in [0.25, 0.3) is 0 Å². The predicted molar refractivity (Wildman–Crippen MR) is 49.8 cm³/mol. The van der Waals surface area contributed by atoms with Crippen molar-refractivity contribution in [3.05, 3.63) is 11.8 Å². The Bertz CT molecular complexity index is 252. The number of hydrogen-bond acceptors (Lipinski definition) is 3. The minimum atomic E-state index is 0.366. The standard InChI is InChI=1S/C8H16N4/c1-6(2)12-7(5-10-3)4-8(9)11-12/h4,6,10H,5H2,1-3H3,(H2,9,11). The molecule has 1 aromatic heterocycles. The first-order valence-electron chi connectivity index (χ1n) is 4.13. The summed E-state index contributed by atoms with van der Waals surface area (Å²) in [6.45, 7) is 4.99. The molecule has 0 amide bonds. The molecule has 1 heterocycles. The molecule has 0 unspecified atom stereocenters. The molecule has 0 saturated carbocycles. The van der Waals surface area contributed by atoms with Gasteiger partial charge in [-0.25, -0.2) is 0 Å². The van der Waals surface area contributed by atoms with Crippen molar-refractivity contribution >= 4 is 5.82 Å². The van der Waals surface area contributed by atoms with Crippen LogP contribution in [0.4, 0.5) is 5.82 Å². The lowest BCUT2D eigenvalue weighted by molar-refractivity contribution is 0.503. The fraction of sp³-hybridized carbons (Fsp3) is 0.625. The summed E-state index contributed by atoms with van der Waals surface area (Å²) >= 11 is 0. The number of rotatable bonds is 3. The molecule has 0 saturated heterocycles. The molecule has 0 aliphatic rings. The SMILES string of the molecule is CNCc1cc(N)nn1C(C)C. The summed E-state index contributed by atoms with van der Waals surface area (Å²) in [6, 6.07) is 2.27. The summed E-state index contributed by atoms with van der Waals surface area (Å²) in [5, 5.41) is 7.26. The maximum atomic E-state index is 5.59. The van der Waals surface area contributed by atoms with Crippen molar-refractivity contribution in [2.75, 3.05) is 12.8 Å². The van der Waals surface area contributed by atoms with Crippen molar-refractivity contribution in [3.63, 3.8) is 0 Å². The van der Waals surface area contributed by atoms with E-state index in [0.29, 0.717) is 11.9 Å². The van der Waals surface area contributed by atoms with Crippen LogP contribution in [0.2, 0.25) is 0 Å². The van der Waals surface area contributed by atoms with E-state index in [9.17, 15) is 0 Å². The van der Waals surface area contributed by atoms with E-state index >= 15 is 0 Å². The first kappa shape index (κ1) is 9.06. The molecule has 0 spiro atoms. The van der Waals surface area contributed by atoms with Gasteiger partial charge in [0, 0.05) is 18.7 Å². The van der Waals surface area contributed by atoms with Crippen LogP contribution >= 0.6 is 0 Å². The second-order valence-corrected chi connectivity index (χ2v) is 3.13. The van der Waals surface area contributed by atoms with Crippen molar-refractivity contribution in [3.8, 4) is 0 Å². The number of nitrogens with two attached hydrogens (primary N) is 1. The molecule has 1 rings (SSSR count). The first-order chi connectivity index (χ1) is 5.65. The molecule has 4 heteroatoms. The van der Waals surface area contributed by atoms with Gasteiger partial charge in [-0.3, -0.25) is 4.68 Å². The largest absolute Gasteiger partial charge is 0.382 e. The lowest BCUT2D eigenvalue weighted by Crippen LogP contribution is -2.13. The smallest absolute Gasteiger partial charge is 0.145 e. The Balaban J connectivity index is 2.92. The van der Waals surface area contributed by atoms with Crippen LogP contribution in [0, 0.1) is 0 Å². The quantitative estimate of drug-likeness (QED) is 0.700. The third-order valence-electron chi connectivity index (χ3n) is 1.68. The maximum absolute atomic E-state index is 5.59. The zero-order valence-electron chi connectivity index (χ0n) is 7.83. The van der Waals surface area contributed by atoms with Gasteiger partial charge in [0.05, 0.1) is 5.69 Å². The monoisotopic (exact) mass is 168 g/mol. The number of nitrogens with zero attached hydrogens (tertiary/aromatic N) is 2. The topological polar surface area (TPSA) is 55.9 Å². The Hall–Kier alpha value is -1.03. The van der Waals surface area contributed by atoms with Gasteiger partial charge >= 0.3 is 0 Å². The molecule has 0 bridgehead atoms. The van der Waals surface area contributed by atoms with Gasteiger partial charge in [-0.2, -0.15) is 5.10 Å². The summed E-state index contributed by atoms with van der Waals surface area (Å²) in [6.07, 6.45) is 0. The van der Waals surface area contributed by atoms with Crippen LogP contribution in [0.3, 0.4) is 0 Å². The van der Waals surface area contributed by atoms with E-state index in [1.54, 1.807) is 0 Å². The Kier molecular flexibility index (Phi) is 2.70. The van der Waals surface area contributed by atoms with Crippen molar-refractivity contribution in [2.45, 2.75) is 26.4 Å². The van der Waals surface area contributed by atoms with Crippen LogP contribution in [0.5, 0.6) is 0 Å². The van der Waals surface area contributed by atoms with E-state index < -0.39 is 0 Å². The highest BCUT2D eigenvalue weighted by atomic mass is 15.3. The van der Waals surface area contributed by atoms with Gasteiger partial charge in [0.15, 0.2) is 0 Å². The lowest BCUT2D eigenvalue weighted by Gasteiger charge is -2.09. The van der Waals surface area contributed by atoms with Crippen molar-refractivity contribution in [2.24, 2.45) is 0 Å². The lowest BCUT2D eigenvalue weighted by atomic mass is 10.3. The Morgan fingerprint density at radius 3 is 2.83 bits per heavy atom. The van der Waals surface area contributed by atoms with Crippen LogP contribution < -0.4 is 11.1 Å². The van der Waals surface area contributed by atoms with E-state index in [1.807, 2.05) is 17.8 Å². The van der Waals surface area contributed by atoms with Gasteiger partial charge in [0.1, 0.15) is 5.82 Å². The third-order valence-corrected chi connectivity index (χ3v) is 1.68. The Morgan fingerprint density at radius 2 is 2.33 bits per heavy atom. The van der Waals surface area contributed by atoms with Crippen molar-refractivity contribution in [1.29, 1.82) is 0 Å². The fourth-order valence-corrected chi connectivity index (χ4v) is 1.21. The second kappa shape index (κ2) is 3.58. The average molecular weight is 168 g/mol. The van der Waals surface area contributed by atoms with Crippen LogP contribution in [0.15, 0.2) is 6.07 Å². The highest BCUT2D eigenvalue weighted by molar-refractivity contribution is 5.29. The molecular weight excluding hydrogens is 152 g/mol. The number of nitrogen functional groups attached to an aromatic ring is 1. The van der Waals surface area contributed by atoms with Gasteiger partial charge < -0.3 is 11.1 Å². The summed E-state index contributed by atoms with van der Waals surface area (Å²) in [4.78, 5) is 0. The minimum absolute atomic E-state index is 0.366. The highest BCUT2D eigenvalue weighted by Crippen LogP contribution is 2.11. The summed E-state index contributed by atoms with van der Waals surface area (Å²) in [5.74, 6) is 0.592. The number of anilines is 1.